The number of benzene rings is 1. The Morgan fingerprint density at radius 2 is 1.86 bits per heavy atom. The zero-order valence-electron chi connectivity index (χ0n) is 13.6. The summed E-state index contributed by atoms with van der Waals surface area (Å²) >= 11 is 0. The summed E-state index contributed by atoms with van der Waals surface area (Å²) in [5.74, 6) is 2.02. The zero-order chi connectivity index (χ0) is 15.1. The van der Waals surface area contributed by atoms with Gasteiger partial charge in [-0.3, -0.25) is 0 Å². The van der Waals surface area contributed by atoms with Crippen LogP contribution in [-0.2, 0) is 0 Å². The average Bonchev–Trinajstić information content (AvgIpc) is 3.33. The maximum atomic E-state index is 4.83. The van der Waals surface area contributed by atoms with Gasteiger partial charge < -0.3 is 10.2 Å². The van der Waals surface area contributed by atoms with Crippen molar-refractivity contribution >= 4 is 22.3 Å². The van der Waals surface area contributed by atoms with Crippen molar-refractivity contribution in [1.29, 1.82) is 0 Å². The number of piperidine rings is 1. The highest BCUT2D eigenvalue weighted by molar-refractivity contribution is 6.00. The Hall–Kier alpha value is -1.77. The Morgan fingerprint density at radius 3 is 2.59 bits per heavy atom. The molecule has 1 aromatic heterocycles. The largest absolute Gasteiger partial charge is 0.381 e. The van der Waals surface area contributed by atoms with Crippen molar-refractivity contribution in [2.24, 2.45) is 5.92 Å². The van der Waals surface area contributed by atoms with E-state index < -0.39 is 0 Å². The summed E-state index contributed by atoms with van der Waals surface area (Å²) in [5.41, 5.74) is 2.52. The first-order valence-corrected chi connectivity index (χ1v) is 8.61. The molecule has 4 rings (SSSR count). The van der Waals surface area contributed by atoms with Crippen LogP contribution in [0.5, 0.6) is 0 Å². The number of aromatic nitrogens is 1. The highest BCUT2D eigenvalue weighted by Gasteiger charge is 2.23. The number of fused-ring (bicyclic) bond motifs is 1. The second-order valence-corrected chi connectivity index (χ2v) is 7.13. The van der Waals surface area contributed by atoms with Crippen LogP contribution in [0, 0.1) is 12.8 Å². The fraction of sp³-hybridized carbons (Fsp3) is 0.526. The Labute approximate surface area is 132 Å². The van der Waals surface area contributed by atoms with Crippen molar-refractivity contribution in [3.8, 4) is 0 Å². The molecule has 2 aliphatic rings. The van der Waals surface area contributed by atoms with Crippen LogP contribution in [0.15, 0.2) is 24.4 Å². The summed E-state index contributed by atoms with van der Waals surface area (Å²) < 4.78 is 0. The summed E-state index contributed by atoms with van der Waals surface area (Å²) in [5, 5.41) is 6.27. The number of hydrogen-bond acceptors (Lipinski definition) is 3. The molecule has 1 saturated heterocycles. The lowest BCUT2D eigenvalue weighted by Crippen LogP contribution is -2.33. The molecule has 1 aliphatic carbocycles. The third kappa shape index (κ3) is 2.65. The van der Waals surface area contributed by atoms with Crippen LogP contribution in [-0.4, -0.2) is 24.1 Å². The number of nitrogens with zero attached hydrogens (tertiary/aromatic N) is 2. The monoisotopic (exact) mass is 295 g/mol. The van der Waals surface area contributed by atoms with E-state index in [1.165, 1.54) is 53.5 Å². The van der Waals surface area contributed by atoms with E-state index in [0.29, 0.717) is 6.04 Å². The predicted molar refractivity (Wildman–Crippen MR) is 93.7 cm³/mol. The van der Waals surface area contributed by atoms with Crippen LogP contribution in [0.3, 0.4) is 0 Å². The van der Waals surface area contributed by atoms with Crippen molar-refractivity contribution in [2.45, 2.75) is 45.6 Å². The number of hydrogen-bond donors (Lipinski definition) is 1. The molecule has 0 bridgehead atoms. The van der Waals surface area contributed by atoms with Crippen LogP contribution in [0.2, 0.25) is 0 Å². The number of rotatable bonds is 3. The maximum Gasteiger partial charge on any atom is 0.136 e. The molecular weight excluding hydrogens is 270 g/mol. The first-order chi connectivity index (χ1) is 10.7. The Bertz CT molecular complexity index is 682. The number of nitrogens with one attached hydrogen (secondary N) is 1. The van der Waals surface area contributed by atoms with Gasteiger partial charge >= 0.3 is 0 Å². The van der Waals surface area contributed by atoms with Crippen molar-refractivity contribution in [1.82, 2.24) is 4.98 Å². The molecule has 0 radical (unpaired) electrons. The summed E-state index contributed by atoms with van der Waals surface area (Å²) in [6.45, 7) is 6.79. The smallest absolute Gasteiger partial charge is 0.136 e. The lowest BCUT2D eigenvalue weighted by molar-refractivity contribution is 0.437. The first kappa shape index (κ1) is 13.9. The summed E-state index contributed by atoms with van der Waals surface area (Å²) in [4.78, 5) is 7.30. The Morgan fingerprint density at radius 1 is 1.09 bits per heavy atom. The van der Waals surface area contributed by atoms with Crippen LogP contribution >= 0.6 is 0 Å². The van der Waals surface area contributed by atoms with E-state index in [0.717, 1.165) is 19.0 Å². The molecular formula is C19H25N3. The molecule has 2 aromatic rings. The van der Waals surface area contributed by atoms with Crippen LogP contribution in [0.4, 0.5) is 11.5 Å². The van der Waals surface area contributed by atoms with Gasteiger partial charge in [-0.15, -0.1) is 0 Å². The molecule has 22 heavy (non-hydrogen) atoms. The van der Waals surface area contributed by atoms with Crippen LogP contribution in [0.25, 0.3) is 10.8 Å². The second kappa shape index (κ2) is 5.45. The maximum absolute atomic E-state index is 4.83. The van der Waals surface area contributed by atoms with Gasteiger partial charge in [0.05, 0.1) is 11.9 Å². The molecule has 1 aromatic carbocycles. The molecule has 3 nitrogen and oxygen atoms in total. The summed E-state index contributed by atoms with van der Waals surface area (Å²) in [6.07, 6.45) is 7.18. The molecule has 116 valence electrons. The van der Waals surface area contributed by atoms with Gasteiger partial charge in [0.2, 0.25) is 0 Å². The van der Waals surface area contributed by atoms with Crippen LogP contribution in [0.1, 0.15) is 38.2 Å². The van der Waals surface area contributed by atoms with Gasteiger partial charge in [0.1, 0.15) is 5.82 Å². The van der Waals surface area contributed by atoms with E-state index in [1.807, 2.05) is 6.20 Å². The van der Waals surface area contributed by atoms with Gasteiger partial charge in [-0.1, -0.05) is 24.6 Å². The number of aryl methyl sites for hydroxylation is 1. The van der Waals surface area contributed by atoms with E-state index in [2.05, 4.69) is 42.3 Å². The SMILES string of the molecule is Cc1ccc2c(N3CCC(C)CC3)ncc(NC3CC3)c2c1. The van der Waals surface area contributed by atoms with Gasteiger partial charge in [-0.05, 0) is 44.6 Å². The number of pyridine rings is 1. The molecule has 0 spiro atoms. The molecule has 3 heteroatoms. The highest BCUT2D eigenvalue weighted by atomic mass is 15.2. The Kier molecular flexibility index (Phi) is 3.44. The normalized spacial score (nSPS) is 19.6. The molecule has 0 amide bonds. The quantitative estimate of drug-likeness (QED) is 0.912. The van der Waals surface area contributed by atoms with Gasteiger partial charge in [-0.2, -0.15) is 0 Å². The fourth-order valence-corrected chi connectivity index (χ4v) is 3.38. The molecule has 1 saturated carbocycles. The zero-order valence-corrected chi connectivity index (χ0v) is 13.6. The fourth-order valence-electron chi connectivity index (χ4n) is 3.38. The minimum absolute atomic E-state index is 0.659. The molecule has 2 fully saturated rings. The molecule has 0 unspecified atom stereocenters. The lowest BCUT2D eigenvalue weighted by atomic mass is 9.98. The van der Waals surface area contributed by atoms with Crippen molar-refractivity contribution < 1.29 is 0 Å². The summed E-state index contributed by atoms with van der Waals surface area (Å²) in [6, 6.07) is 7.43. The van der Waals surface area contributed by atoms with Crippen molar-refractivity contribution in [3.63, 3.8) is 0 Å². The highest BCUT2D eigenvalue weighted by Crippen LogP contribution is 2.35. The minimum atomic E-state index is 0.659. The number of anilines is 2. The first-order valence-electron chi connectivity index (χ1n) is 8.61. The molecule has 0 atom stereocenters. The van der Waals surface area contributed by atoms with E-state index in [4.69, 9.17) is 4.98 Å². The predicted octanol–water partition coefficient (Wildman–Crippen LogP) is 4.35. The second-order valence-electron chi connectivity index (χ2n) is 7.13. The average molecular weight is 295 g/mol. The topological polar surface area (TPSA) is 28.2 Å². The third-order valence-corrected chi connectivity index (χ3v) is 5.04. The van der Waals surface area contributed by atoms with E-state index >= 15 is 0 Å². The minimum Gasteiger partial charge on any atom is -0.381 e. The summed E-state index contributed by atoms with van der Waals surface area (Å²) in [7, 11) is 0. The lowest BCUT2D eigenvalue weighted by Gasteiger charge is -2.32. The van der Waals surface area contributed by atoms with Crippen LogP contribution < -0.4 is 10.2 Å². The molecule has 1 aliphatic heterocycles. The van der Waals surface area contributed by atoms with Gasteiger partial charge in [0, 0.05) is 29.9 Å². The standard InChI is InChI=1S/C19H25N3/c1-13-7-9-22(10-8-13)19-16-6-3-14(2)11-17(16)18(12-20-19)21-15-4-5-15/h3,6,11-13,15,21H,4-5,7-10H2,1-2H3. The molecule has 2 heterocycles. The van der Waals surface area contributed by atoms with Gasteiger partial charge in [0.25, 0.3) is 0 Å². The van der Waals surface area contributed by atoms with Gasteiger partial charge in [0.15, 0.2) is 0 Å². The van der Waals surface area contributed by atoms with E-state index in [9.17, 15) is 0 Å². The van der Waals surface area contributed by atoms with Crippen molar-refractivity contribution in [2.75, 3.05) is 23.3 Å². The van der Waals surface area contributed by atoms with Crippen molar-refractivity contribution in [3.05, 3.63) is 30.0 Å². The van der Waals surface area contributed by atoms with Gasteiger partial charge in [-0.25, -0.2) is 4.98 Å². The van der Waals surface area contributed by atoms with E-state index in [1.54, 1.807) is 0 Å². The van der Waals surface area contributed by atoms with E-state index in [-0.39, 0.29) is 0 Å². The molecule has 1 N–H and O–H groups in total. The third-order valence-electron chi connectivity index (χ3n) is 5.04. The Balaban J connectivity index is 1.75.